The molecule has 1 fully saturated rings. The minimum atomic E-state index is -1.26. The van der Waals surface area contributed by atoms with E-state index in [0.29, 0.717) is 12.2 Å². The predicted octanol–water partition coefficient (Wildman–Crippen LogP) is 0.814. The highest BCUT2D eigenvalue weighted by Gasteiger charge is 2.02. The van der Waals surface area contributed by atoms with Gasteiger partial charge in [-0.15, -0.1) is 0 Å². The van der Waals surface area contributed by atoms with Crippen LogP contribution in [0, 0.1) is 0 Å². The number of rotatable bonds is 2. The number of likely N-dealkylation sites (tertiary alicyclic amines) is 1. The fourth-order valence-corrected chi connectivity index (χ4v) is 1.19. The van der Waals surface area contributed by atoms with Crippen molar-refractivity contribution >= 4 is 11.9 Å². The molecule has 0 spiro atoms. The van der Waals surface area contributed by atoms with Crippen LogP contribution in [-0.2, 0) is 9.59 Å². The zero-order valence-corrected chi connectivity index (χ0v) is 8.85. The van der Waals surface area contributed by atoms with E-state index in [-0.39, 0.29) is 0 Å². The first-order valence-electron chi connectivity index (χ1n) is 4.85. The highest BCUT2D eigenvalue weighted by Crippen LogP contribution is 2.04. The summed E-state index contributed by atoms with van der Waals surface area (Å²) in [6.07, 6.45) is 5.39. The summed E-state index contributed by atoms with van der Waals surface area (Å²) < 4.78 is 0. The Morgan fingerprint density at radius 1 is 1.00 bits per heavy atom. The second kappa shape index (κ2) is 7.99. The van der Waals surface area contributed by atoms with Crippen LogP contribution < -0.4 is 0 Å². The highest BCUT2D eigenvalue weighted by atomic mass is 16.4. The molecule has 0 bridgehead atoms. The van der Waals surface area contributed by atoms with Gasteiger partial charge in [0.15, 0.2) is 0 Å². The second-order valence-corrected chi connectivity index (χ2v) is 3.37. The maximum atomic E-state index is 9.55. The molecule has 1 heterocycles. The minimum Gasteiger partial charge on any atom is -0.478 e. The molecule has 0 aromatic rings. The molecule has 1 saturated heterocycles. The molecule has 0 saturated carbocycles. The van der Waals surface area contributed by atoms with Crippen molar-refractivity contribution in [3.63, 3.8) is 0 Å². The van der Waals surface area contributed by atoms with Gasteiger partial charge in [0, 0.05) is 12.2 Å². The van der Waals surface area contributed by atoms with Gasteiger partial charge in [0.05, 0.1) is 0 Å². The van der Waals surface area contributed by atoms with Gasteiger partial charge in [0.1, 0.15) is 0 Å². The Hall–Kier alpha value is -1.36. The molecule has 0 amide bonds. The molecule has 0 radical (unpaired) electrons. The van der Waals surface area contributed by atoms with Crippen LogP contribution in [0.25, 0.3) is 0 Å². The van der Waals surface area contributed by atoms with Gasteiger partial charge in [-0.2, -0.15) is 0 Å². The largest absolute Gasteiger partial charge is 0.478 e. The summed E-state index contributed by atoms with van der Waals surface area (Å²) in [5.41, 5.74) is 0. The third-order valence-corrected chi connectivity index (χ3v) is 1.95. The molecule has 1 rings (SSSR count). The summed E-state index contributed by atoms with van der Waals surface area (Å²) in [6, 6.07) is 0. The Morgan fingerprint density at radius 3 is 1.60 bits per heavy atom. The second-order valence-electron chi connectivity index (χ2n) is 3.37. The van der Waals surface area contributed by atoms with Crippen LogP contribution in [0.15, 0.2) is 12.2 Å². The molecular formula is C10H17NO4. The quantitative estimate of drug-likeness (QED) is 0.666. The van der Waals surface area contributed by atoms with E-state index in [1.54, 1.807) is 0 Å². The lowest BCUT2D eigenvalue weighted by Crippen LogP contribution is -2.24. The van der Waals surface area contributed by atoms with E-state index >= 15 is 0 Å². The monoisotopic (exact) mass is 215 g/mol. The number of hydrogen-bond acceptors (Lipinski definition) is 3. The smallest absolute Gasteiger partial charge is 0.328 e. The molecular weight excluding hydrogens is 198 g/mol. The van der Waals surface area contributed by atoms with E-state index in [4.69, 9.17) is 10.2 Å². The molecule has 5 heteroatoms. The number of aliphatic carboxylic acids is 2. The molecule has 2 N–H and O–H groups in total. The van der Waals surface area contributed by atoms with E-state index in [2.05, 4.69) is 11.9 Å². The Balaban J connectivity index is 0.000000262. The lowest BCUT2D eigenvalue weighted by Gasteiger charge is -2.20. The number of hydrogen-bond donors (Lipinski definition) is 2. The van der Waals surface area contributed by atoms with Crippen LogP contribution in [-0.4, -0.2) is 47.2 Å². The maximum Gasteiger partial charge on any atom is 0.328 e. The third kappa shape index (κ3) is 10.6. The van der Waals surface area contributed by atoms with Crippen LogP contribution in [0.2, 0.25) is 0 Å². The van der Waals surface area contributed by atoms with E-state index in [9.17, 15) is 9.59 Å². The molecule has 1 aliphatic heterocycles. The summed E-state index contributed by atoms with van der Waals surface area (Å²) in [6.45, 7) is 2.64. The molecule has 86 valence electrons. The van der Waals surface area contributed by atoms with Crippen molar-refractivity contribution in [2.24, 2.45) is 0 Å². The SMILES string of the molecule is CN1CCCCC1.O=C(O)/C=C/C(=O)O. The van der Waals surface area contributed by atoms with Gasteiger partial charge < -0.3 is 15.1 Å². The first-order chi connectivity index (χ1) is 7.02. The first-order valence-corrected chi connectivity index (χ1v) is 4.85. The molecule has 0 atom stereocenters. The average Bonchev–Trinajstić information content (AvgIpc) is 2.17. The summed E-state index contributed by atoms with van der Waals surface area (Å²) in [5, 5.41) is 15.6. The van der Waals surface area contributed by atoms with Crippen LogP contribution in [0.5, 0.6) is 0 Å². The van der Waals surface area contributed by atoms with E-state index in [1.165, 1.54) is 32.4 Å². The topological polar surface area (TPSA) is 77.8 Å². The van der Waals surface area contributed by atoms with Crippen molar-refractivity contribution in [2.75, 3.05) is 20.1 Å². The van der Waals surface area contributed by atoms with E-state index in [1.807, 2.05) is 0 Å². The summed E-state index contributed by atoms with van der Waals surface area (Å²) in [7, 11) is 2.19. The van der Waals surface area contributed by atoms with Gasteiger partial charge in [-0.3, -0.25) is 0 Å². The van der Waals surface area contributed by atoms with Crippen molar-refractivity contribution in [3.8, 4) is 0 Å². The van der Waals surface area contributed by atoms with Crippen molar-refractivity contribution < 1.29 is 19.8 Å². The van der Waals surface area contributed by atoms with Crippen LogP contribution in [0.1, 0.15) is 19.3 Å². The fourth-order valence-electron chi connectivity index (χ4n) is 1.19. The molecule has 0 aliphatic carbocycles. The van der Waals surface area contributed by atoms with Gasteiger partial charge in [0.25, 0.3) is 0 Å². The zero-order chi connectivity index (χ0) is 11.7. The van der Waals surface area contributed by atoms with E-state index < -0.39 is 11.9 Å². The van der Waals surface area contributed by atoms with Crippen LogP contribution in [0.3, 0.4) is 0 Å². The number of carbonyl (C=O) groups is 2. The Bertz CT molecular complexity index is 216. The van der Waals surface area contributed by atoms with Gasteiger partial charge in [0.2, 0.25) is 0 Å². The van der Waals surface area contributed by atoms with Crippen molar-refractivity contribution in [1.29, 1.82) is 0 Å². The third-order valence-electron chi connectivity index (χ3n) is 1.95. The zero-order valence-electron chi connectivity index (χ0n) is 8.85. The molecule has 0 aromatic heterocycles. The van der Waals surface area contributed by atoms with Crippen LogP contribution in [0.4, 0.5) is 0 Å². The summed E-state index contributed by atoms with van der Waals surface area (Å²) >= 11 is 0. The predicted molar refractivity (Wildman–Crippen MR) is 55.8 cm³/mol. The summed E-state index contributed by atoms with van der Waals surface area (Å²) in [5.74, 6) is -2.51. The number of carboxylic acids is 2. The molecule has 0 unspecified atom stereocenters. The van der Waals surface area contributed by atoms with Crippen LogP contribution >= 0.6 is 0 Å². The van der Waals surface area contributed by atoms with Gasteiger partial charge in [-0.05, 0) is 33.0 Å². The maximum absolute atomic E-state index is 9.55. The minimum absolute atomic E-state index is 0.558. The number of nitrogens with zero attached hydrogens (tertiary/aromatic N) is 1. The molecule has 15 heavy (non-hydrogen) atoms. The lowest BCUT2D eigenvalue weighted by atomic mass is 10.1. The first kappa shape index (κ1) is 13.6. The van der Waals surface area contributed by atoms with Gasteiger partial charge in [-0.25, -0.2) is 9.59 Å². The van der Waals surface area contributed by atoms with Gasteiger partial charge in [-0.1, -0.05) is 6.42 Å². The number of carboxylic acid groups (broad SMARTS) is 2. The normalized spacial score (nSPS) is 16.9. The van der Waals surface area contributed by atoms with Crippen molar-refractivity contribution in [3.05, 3.63) is 12.2 Å². The Kier molecular flexibility index (Phi) is 7.27. The Labute approximate surface area is 89.0 Å². The van der Waals surface area contributed by atoms with Crippen molar-refractivity contribution in [2.45, 2.75) is 19.3 Å². The fraction of sp³-hybridized carbons (Fsp3) is 0.600. The number of piperidine rings is 1. The highest BCUT2D eigenvalue weighted by molar-refractivity contribution is 5.89. The standard InChI is InChI=1S/C6H13N.C4H4O4/c1-7-5-3-2-4-6-7;5-3(6)1-2-4(7)8/h2-6H2,1H3;1-2H,(H,5,6)(H,7,8)/b;2-1+. The molecule has 5 nitrogen and oxygen atoms in total. The van der Waals surface area contributed by atoms with Gasteiger partial charge >= 0.3 is 11.9 Å². The van der Waals surface area contributed by atoms with Crippen molar-refractivity contribution in [1.82, 2.24) is 4.90 Å². The summed E-state index contributed by atoms with van der Waals surface area (Å²) in [4.78, 5) is 21.5. The Morgan fingerprint density at radius 2 is 1.40 bits per heavy atom. The average molecular weight is 215 g/mol. The van der Waals surface area contributed by atoms with E-state index in [0.717, 1.165) is 0 Å². The lowest BCUT2D eigenvalue weighted by molar-refractivity contribution is -0.134. The molecule has 1 aliphatic rings. The molecule has 0 aromatic carbocycles.